The van der Waals surface area contributed by atoms with Gasteiger partial charge in [0.1, 0.15) is 17.0 Å². The first-order valence-corrected chi connectivity index (χ1v) is 18.6. The van der Waals surface area contributed by atoms with Crippen LogP contribution in [0.4, 0.5) is 4.79 Å². The second kappa shape index (κ2) is 18.1. The van der Waals surface area contributed by atoms with Crippen molar-refractivity contribution in [1.29, 1.82) is 5.26 Å². The van der Waals surface area contributed by atoms with Crippen molar-refractivity contribution in [3.05, 3.63) is 94.3 Å². The van der Waals surface area contributed by atoms with Crippen LogP contribution in [0.25, 0.3) is 0 Å². The van der Waals surface area contributed by atoms with Gasteiger partial charge in [0.2, 0.25) is 0 Å². The molecule has 2 saturated heterocycles. The van der Waals surface area contributed by atoms with Crippen LogP contribution in [0, 0.1) is 23.2 Å². The fourth-order valence-corrected chi connectivity index (χ4v) is 6.99. The van der Waals surface area contributed by atoms with E-state index < -0.39 is 11.7 Å². The van der Waals surface area contributed by atoms with Crippen LogP contribution in [0.1, 0.15) is 107 Å². The van der Waals surface area contributed by atoms with Crippen molar-refractivity contribution in [2.45, 2.75) is 77.9 Å². The molecule has 0 radical (unpaired) electrons. The Morgan fingerprint density at radius 2 is 1.60 bits per heavy atom. The summed E-state index contributed by atoms with van der Waals surface area (Å²) in [6.07, 6.45) is 5.31. The van der Waals surface area contributed by atoms with E-state index in [1.54, 1.807) is 63.1 Å². The molecule has 53 heavy (non-hydrogen) atoms. The summed E-state index contributed by atoms with van der Waals surface area (Å²) in [5.74, 6) is 0.621. The number of amides is 2. The number of alkyl carbamates (subject to hydrolysis) is 1. The number of ketones is 2. The summed E-state index contributed by atoms with van der Waals surface area (Å²) in [6.45, 7) is 9.19. The Bertz CT molecular complexity index is 1780. The van der Waals surface area contributed by atoms with E-state index in [-0.39, 0.29) is 29.3 Å². The van der Waals surface area contributed by atoms with Gasteiger partial charge in [-0.05, 0) is 132 Å². The number of aryl methyl sites for hydroxylation is 1. The summed E-state index contributed by atoms with van der Waals surface area (Å²) in [5, 5.41) is 11.8. The van der Waals surface area contributed by atoms with Gasteiger partial charge in [-0.3, -0.25) is 24.3 Å². The molecule has 2 aliphatic heterocycles. The first-order chi connectivity index (χ1) is 25.4. The number of pyridine rings is 1. The Morgan fingerprint density at radius 1 is 0.925 bits per heavy atom. The predicted molar refractivity (Wildman–Crippen MR) is 201 cm³/mol. The van der Waals surface area contributed by atoms with Gasteiger partial charge in [-0.2, -0.15) is 5.26 Å². The molecule has 3 heterocycles. The minimum Gasteiger partial charge on any atom is -0.497 e. The molecule has 0 spiro atoms. The molecule has 1 aromatic heterocycles. The molecular formula is C42H51N5O6. The standard InChI is InChI=1S/C42H51N5O6/c1-42(2,3)53-41(51)44-19-5-6-34-25-35(37(48)24-29-15-20-46(21-16-29)28-31-9-7-30(26-43)8-10-31)27-45-38(34)40(50)47-22-17-33(18-23-47)39(49)32-11-13-36(52-4)14-12-32/h7-14,25,27,29,33H,5-6,15-24,28H2,1-4H3,(H,44,51). The number of nitrogens with one attached hydrogen (secondary N) is 1. The van der Waals surface area contributed by atoms with Crippen LogP contribution in [0.2, 0.25) is 0 Å². The third-order valence-corrected chi connectivity index (χ3v) is 9.98. The summed E-state index contributed by atoms with van der Waals surface area (Å²) < 4.78 is 10.6. The van der Waals surface area contributed by atoms with Crippen LogP contribution >= 0.6 is 0 Å². The zero-order valence-electron chi connectivity index (χ0n) is 31.4. The van der Waals surface area contributed by atoms with Crippen molar-refractivity contribution in [3.63, 3.8) is 0 Å². The lowest BCUT2D eigenvalue weighted by molar-refractivity contribution is 0.0526. The lowest BCUT2D eigenvalue weighted by Gasteiger charge is -2.32. The van der Waals surface area contributed by atoms with Gasteiger partial charge in [-0.25, -0.2) is 4.79 Å². The Kier molecular flexibility index (Phi) is 13.4. The maximum atomic E-state index is 13.9. The van der Waals surface area contributed by atoms with Gasteiger partial charge in [0.25, 0.3) is 5.91 Å². The predicted octanol–water partition coefficient (Wildman–Crippen LogP) is 6.64. The number of hydrogen-bond acceptors (Lipinski definition) is 9. The second-order valence-corrected chi connectivity index (χ2v) is 15.1. The highest BCUT2D eigenvalue weighted by Crippen LogP contribution is 2.27. The first kappa shape index (κ1) is 39.1. The van der Waals surface area contributed by atoms with Gasteiger partial charge < -0.3 is 19.7 Å². The zero-order chi connectivity index (χ0) is 38.0. The molecule has 1 N–H and O–H groups in total. The molecule has 0 unspecified atom stereocenters. The first-order valence-electron chi connectivity index (χ1n) is 18.6. The van der Waals surface area contributed by atoms with Gasteiger partial charge in [-0.15, -0.1) is 0 Å². The molecule has 3 aromatic rings. The highest BCUT2D eigenvalue weighted by molar-refractivity contribution is 5.99. The molecule has 2 aliphatic rings. The van der Waals surface area contributed by atoms with E-state index in [1.165, 1.54) is 11.8 Å². The van der Waals surface area contributed by atoms with Crippen molar-refractivity contribution in [2.75, 3.05) is 39.8 Å². The maximum absolute atomic E-state index is 13.9. The third kappa shape index (κ3) is 11.2. The molecule has 11 heteroatoms. The van der Waals surface area contributed by atoms with Crippen LogP contribution in [-0.2, 0) is 17.7 Å². The largest absolute Gasteiger partial charge is 0.497 e. The number of Topliss-reactive ketones (excluding diaryl/α,β-unsaturated/α-hetero) is 2. The van der Waals surface area contributed by atoms with Crippen molar-refractivity contribution >= 4 is 23.6 Å². The average molecular weight is 722 g/mol. The molecular weight excluding hydrogens is 670 g/mol. The summed E-state index contributed by atoms with van der Waals surface area (Å²) in [6, 6.07) is 18.7. The van der Waals surface area contributed by atoms with Crippen molar-refractivity contribution < 1.29 is 28.7 Å². The van der Waals surface area contributed by atoms with E-state index in [9.17, 15) is 19.2 Å². The summed E-state index contributed by atoms with van der Waals surface area (Å²) in [5.41, 5.74) is 3.29. The summed E-state index contributed by atoms with van der Waals surface area (Å²) >= 11 is 0. The number of aromatic nitrogens is 1. The SMILES string of the molecule is COc1ccc(C(=O)C2CCN(C(=O)c3ncc(C(=O)CC4CCN(Cc5ccc(C#N)cc5)CC4)cc3CCCNC(=O)OC(C)(C)C)CC2)cc1. The fraction of sp³-hybridized carbons (Fsp3) is 0.476. The van der Waals surface area contributed by atoms with E-state index in [1.807, 2.05) is 24.3 Å². The fourth-order valence-electron chi connectivity index (χ4n) is 6.99. The van der Waals surface area contributed by atoms with Crippen LogP contribution in [0.15, 0.2) is 60.8 Å². The molecule has 0 atom stereocenters. The molecule has 2 amide bonds. The normalized spacial score (nSPS) is 15.7. The average Bonchev–Trinajstić information content (AvgIpc) is 3.16. The Morgan fingerprint density at radius 3 is 2.23 bits per heavy atom. The van der Waals surface area contributed by atoms with Crippen molar-refractivity contribution in [2.24, 2.45) is 11.8 Å². The maximum Gasteiger partial charge on any atom is 0.407 e. The number of ether oxygens (including phenoxy) is 2. The molecule has 0 aliphatic carbocycles. The zero-order valence-corrected chi connectivity index (χ0v) is 31.4. The minimum absolute atomic E-state index is 0.00744. The lowest BCUT2D eigenvalue weighted by atomic mass is 9.88. The van der Waals surface area contributed by atoms with Gasteiger partial charge in [0.05, 0.1) is 18.7 Å². The van der Waals surface area contributed by atoms with Crippen molar-refractivity contribution in [3.8, 4) is 11.8 Å². The Hall–Kier alpha value is -5.08. The van der Waals surface area contributed by atoms with E-state index >= 15 is 0 Å². The van der Waals surface area contributed by atoms with Gasteiger partial charge in [-0.1, -0.05) is 12.1 Å². The van der Waals surface area contributed by atoms with E-state index in [0.29, 0.717) is 85.4 Å². The summed E-state index contributed by atoms with van der Waals surface area (Å²) in [7, 11) is 1.59. The van der Waals surface area contributed by atoms with E-state index in [2.05, 4.69) is 21.3 Å². The molecule has 2 aromatic carbocycles. The quantitative estimate of drug-likeness (QED) is 0.152. The van der Waals surface area contributed by atoms with Crippen molar-refractivity contribution in [1.82, 2.24) is 20.1 Å². The van der Waals surface area contributed by atoms with Crippen LogP contribution in [0.5, 0.6) is 5.75 Å². The highest BCUT2D eigenvalue weighted by Gasteiger charge is 2.30. The number of benzene rings is 2. The molecule has 5 rings (SSSR count). The minimum atomic E-state index is -0.614. The molecule has 0 bridgehead atoms. The molecule has 11 nitrogen and oxygen atoms in total. The number of carbonyl (C=O) groups excluding carboxylic acids is 4. The number of piperidine rings is 2. The van der Waals surface area contributed by atoms with Crippen LogP contribution in [0.3, 0.4) is 0 Å². The van der Waals surface area contributed by atoms with Crippen LogP contribution in [-0.4, -0.2) is 83.8 Å². The third-order valence-electron chi connectivity index (χ3n) is 9.98. The number of likely N-dealkylation sites (tertiary alicyclic amines) is 2. The molecule has 0 saturated carbocycles. The Balaban J connectivity index is 1.20. The van der Waals surface area contributed by atoms with E-state index in [4.69, 9.17) is 14.7 Å². The Labute approximate surface area is 312 Å². The monoisotopic (exact) mass is 721 g/mol. The number of nitriles is 1. The van der Waals surface area contributed by atoms with Gasteiger partial charge in [0, 0.05) is 55.8 Å². The molecule has 280 valence electrons. The molecule has 2 fully saturated rings. The topological polar surface area (TPSA) is 142 Å². The van der Waals surface area contributed by atoms with Gasteiger partial charge >= 0.3 is 6.09 Å². The smallest absolute Gasteiger partial charge is 0.407 e. The van der Waals surface area contributed by atoms with Gasteiger partial charge in [0.15, 0.2) is 11.6 Å². The second-order valence-electron chi connectivity index (χ2n) is 15.1. The number of carbonyl (C=O) groups is 4. The number of nitrogens with zero attached hydrogens (tertiary/aromatic N) is 4. The lowest BCUT2D eigenvalue weighted by Crippen LogP contribution is -2.41. The van der Waals surface area contributed by atoms with E-state index in [0.717, 1.165) is 32.5 Å². The summed E-state index contributed by atoms with van der Waals surface area (Å²) in [4.78, 5) is 61.6. The number of hydrogen-bond donors (Lipinski definition) is 1. The highest BCUT2D eigenvalue weighted by atomic mass is 16.6. The number of rotatable bonds is 13. The van der Waals surface area contributed by atoms with Crippen LogP contribution < -0.4 is 10.1 Å². The number of methoxy groups -OCH3 is 1.